The first-order valence-corrected chi connectivity index (χ1v) is 4.60. The topological polar surface area (TPSA) is 37.3 Å². The molecule has 3 heteroatoms. The molecule has 1 atom stereocenters. The summed E-state index contributed by atoms with van der Waals surface area (Å²) in [7, 11) is 0. The standard InChI is InChI=1S/C11H13FO2/c1-2-9(11(13)14)6-8-4-3-5-10(12)7-8/h3-5,7,9H,2,6H2,1H3,(H,13,14)/t9-/m0/s1. The Hall–Kier alpha value is -1.38. The van der Waals surface area contributed by atoms with Crippen molar-refractivity contribution in [1.82, 2.24) is 0 Å². The number of benzene rings is 1. The van der Waals surface area contributed by atoms with E-state index in [1.807, 2.05) is 6.92 Å². The van der Waals surface area contributed by atoms with Crippen LogP contribution in [0.1, 0.15) is 18.9 Å². The molecule has 0 radical (unpaired) electrons. The van der Waals surface area contributed by atoms with E-state index in [-0.39, 0.29) is 5.82 Å². The lowest BCUT2D eigenvalue weighted by Gasteiger charge is -2.09. The molecule has 0 spiro atoms. The van der Waals surface area contributed by atoms with Gasteiger partial charge in [-0.05, 0) is 30.5 Å². The lowest BCUT2D eigenvalue weighted by molar-refractivity contribution is -0.141. The molecule has 1 aromatic carbocycles. The van der Waals surface area contributed by atoms with Gasteiger partial charge in [0.1, 0.15) is 5.82 Å². The summed E-state index contributed by atoms with van der Waals surface area (Å²) in [6.07, 6.45) is 0.954. The summed E-state index contributed by atoms with van der Waals surface area (Å²) in [5.74, 6) is -1.56. The first-order chi connectivity index (χ1) is 6.63. The Balaban J connectivity index is 2.72. The molecule has 0 aliphatic carbocycles. The van der Waals surface area contributed by atoms with E-state index in [1.54, 1.807) is 12.1 Å². The molecule has 0 heterocycles. The minimum Gasteiger partial charge on any atom is -0.481 e. The van der Waals surface area contributed by atoms with Crippen LogP contribution in [0.5, 0.6) is 0 Å². The van der Waals surface area contributed by atoms with Gasteiger partial charge in [-0.3, -0.25) is 4.79 Å². The highest BCUT2D eigenvalue weighted by molar-refractivity contribution is 5.70. The zero-order valence-corrected chi connectivity index (χ0v) is 8.03. The Kier molecular flexibility index (Phi) is 3.63. The van der Waals surface area contributed by atoms with Crippen LogP contribution >= 0.6 is 0 Å². The van der Waals surface area contributed by atoms with Gasteiger partial charge in [0.2, 0.25) is 0 Å². The lowest BCUT2D eigenvalue weighted by Crippen LogP contribution is -2.15. The number of rotatable bonds is 4. The first-order valence-electron chi connectivity index (χ1n) is 4.60. The number of aliphatic carboxylic acids is 1. The summed E-state index contributed by atoms with van der Waals surface area (Å²) in [4.78, 5) is 10.7. The Morgan fingerprint density at radius 1 is 1.57 bits per heavy atom. The molecule has 0 amide bonds. The molecule has 0 fully saturated rings. The van der Waals surface area contributed by atoms with Gasteiger partial charge in [0.05, 0.1) is 5.92 Å². The number of carboxylic acids is 1. The number of hydrogen-bond acceptors (Lipinski definition) is 1. The average molecular weight is 196 g/mol. The van der Waals surface area contributed by atoms with Crippen LogP contribution in [0.2, 0.25) is 0 Å². The quantitative estimate of drug-likeness (QED) is 0.803. The van der Waals surface area contributed by atoms with Crippen LogP contribution in [-0.4, -0.2) is 11.1 Å². The molecule has 0 bridgehead atoms. The molecule has 0 aliphatic heterocycles. The van der Waals surface area contributed by atoms with Crippen molar-refractivity contribution in [2.24, 2.45) is 5.92 Å². The van der Waals surface area contributed by atoms with Crippen molar-refractivity contribution in [2.45, 2.75) is 19.8 Å². The van der Waals surface area contributed by atoms with Crippen LogP contribution in [0.25, 0.3) is 0 Å². The average Bonchev–Trinajstić information content (AvgIpc) is 2.14. The highest BCUT2D eigenvalue weighted by Crippen LogP contribution is 2.13. The third-order valence-corrected chi connectivity index (χ3v) is 2.21. The number of hydrogen-bond donors (Lipinski definition) is 1. The predicted molar refractivity (Wildman–Crippen MR) is 51.5 cm³/mol. The summed E-state index contributed by atoms with van der Waals surface area (Å²) in [5.41, 5.74) is 0.735. The van der Waals surface area contributed by atoms with Gasteiger partial charge in [0.25, 0.3) is 0 Å². The van der Waals surface area contributed by atoms with E-state index in [0.717, 1.165) is 5.56 Å². The lowest BCUT2D eigenvalue weighted by atomic mass is 9.97. The van der Waals surface area contributed by atoms with Crippen molar-refractivity contribution >= 4 is 5.97 Å². The van der Waals surface area contributed by atoms with Crippen LogP contribution in [0.15, 0.2) is 24.3 Å². The molecule has 0 unspecified atom stereocenters. The Morgan fingerprint density at radius 2 is 2.29 bits per heavy atom. The van der Waals surface area contributed by atoms with Crippen LogP contribution in [-0.2, 0) is 11.2 Å². The molecule has 76 valence electrons. The van der Waals surface area contributed by atoms with E-state index in [2.05, 4.69) is 0 Å². The number of carbonyl (C=O) groups is 1. The second-order valence-corrected chi connectivity index (χ2v) is 3.28. The maximum Gasteiger partial charge on any atom is 0.306 e. The molecule has 1 rings (SSSR count). The van der Waals surface area contributed by atoms with Gasteiger partial charge in [0.15, 0.2) is 0 Å². The van der Waals surface area contributed by atoms with Crippen molar-refractivity contribution < 1.29 is 14.3 Å². The molecule has 14 heavy (non-hydrogen) atoms. The van der Waals surface area contributed by atoms with Crippen LogP contribution < -0.4 is 0 Å². The normalized spacial score (nSPS) is 12.4. The molecule has 1 N–H and O–H groups in total. The molecular weight excluding hydrogens is 183 g/mol. The summed E-state index contributed by atoms with van der Waals surface area (Å²) >= 11 is 0. The molecule has 0 aromatic heterocycles. The fraction of sp³-hybridized carbons (Fsp3) is 0.364. The van der Waals surface area contributed by atoms with Crippen molar-refractivity contribution in [2.75, 3.05) is 0 Å². The van der Waals surface area contributed by atoms with E-state index >= 15 is 0 Å². The highest BCUT2D eigenvalue weighted by Gasteiger charge is 2.15. The van der Waals surface area contributed by atoms with Gasteiger partial charge in [-0.25, -0.2) is 4.39 Å². The Bertz CT molecular complexity index is 323. The van der Waals surface area contributed by atoms with Crippen molar-refractivity contribution in [1.29, 1.82) is 0 Å². The molecule has 0 saturated heterocycles. The minimum absolute atomic E-state index is 0.317. The summed E-state index contributed by atoms with van der Waals surface area (Å²) in [6.45, 7) is 1.82. The van der Waals surface area contributed by atoms with Crippen molar-refractivity contribution in [3.8, 4) is 0 Å². The minimum atomic E-state index is -0.822. The summed E-state index contributed by atoms with van der Waals surface area (Å²) in [6, 6.07) is 6.07. The molecule has 0 saturated carbocycles. The van der Waals surface area contributed by atoms with Gasteiger partial charge in [-0.2, -0.15) is 0 Å². The van der Waals surface area contributed by atoms with Gasteiger partial charge in [0, 0.05) is 0 Å². The number of carboxylic acid groups (broad SMARTS) is 1. The molecule has 1 aromatic rings. The zero-order chi connectivity index (χ0) is 10.6. The Morgan fingerprint density at radius 3 is 2.79 bits per heavy atom. The summed E-state index contributed by atoms with van der Waals surface area (Å²) in [5, 5.41) is 8.81. The van der Waals surface area contributed by atoms with E-state index in [1.165, 1.54) is 12.1 Å². The van der Waals surface area contributed by atoms with Crippen LogP contribution in [0.4, 0.5) is 4.39 Å². The first kappa shape index (κ1) is 10.7. The molecule has 2 nitrogen and oxygen atoms in total. The largest absolute Gasteiger partial charge is 0.481 e. The van der Waals surface area contributed by atoms with Gasteiger partial charge in [-0.15, -0.1) is 0 Å². The molecular formula is C11H13FO2. The maximum absolute atomic E-state index is 12.8. The van der Waals surface area contributed by atoms with E-state index in [0.29, 0.717) is 12.8 Å². The van der Waals surface area contributed by atoms with Crippen LogP contribution in [0, 0.1) is 11.7 Å². The third kappa shape index (κ3) is 2.83. The fourth-order valence-corrected chi connectivity index (χ4v) is 1.35. The summed E-state index contributed by atoms with van der Waals surface area (Å²) < 4.78 is 12.8. The van der Waals surface area contributed by atoms with Gasteiger partial charge >= 0.3 is 5.97 Å². The third-order valence-electron chi connectivity index (χ3n) is 2.21. The predicted octanol–water partition coefficient (Wildman–Crippen LogP) is 2.48. The van der Waals surface area contributed by atoms with Crippen LogP contribution in [0.3, 0.4) is 0 Å². The SMILES string of the molecule is CC[C@@H](Cc1cccc(F)c1)C(=O)O. The van der Waals surface area contributed by atoms with Crippen molar-refractivity contribution in [3.05, 3.63) is 35.6 Å². The maximum atomic E-state index is 12.8. The zero-order valence-electron chi connectivity index (χ0n) is 8.03. The van der Waals surface area contributed by atoms with E-state index < -0.39 is 11.9 Å². The van der Waals surface area contributed by atoms with E-state index in [9.17, 15) is 9.18 Å². The smallest absolute Gasteiger partial charge is 0.306 e. The number of halogens is 1. The van der Waals surface area contributed by atoms with Gasteiger partial charge in [-0.1, -0.05) is 19.1 Å². The molecule has 0 aliphatic rings. The highest BCUT2D eigenvalue weighted by atomic mass is 19.1. The second kappa shape index (κ2) is 4.74. The van der Waals surface area contributed by atoms with Gasteiger partial charge < -0.3 is 5.11 Å². The Labute approximate surface area is 82.4 Å². The fourth-order valence-electron chi connectivity index (χ4n) is 1.35. The van der Waals surface area contributed by atoms with E-state index in [4.69, 9.17) is 5.11 Å². The van der Waals surface area contributed by atoms with Crippen molar-refractivity contribution in [3.63, 3.8) is 0 Å². The monoisotopic (exact) mass is 196 g/mol. The second-order valence-electron chi connectivity index (χ2n) is 3.28.